The Morgan fingerprint density at radius 2 is 1.48 bits per heavy atom. The molecule has 0 saturated carbocycles. The lowest BCUT2D eigenvalue weighted by Gasteiger charge is -2.20. The fraction of sp³-hybridized carbons (Fsp3) is 0.174. The summed E-state index contributed by atoms with van der Waals surface area (Å²) in [6.07, 6.45) is 0. The van der Waals surface area contributed by atoms with Crippen LogP contribution in [0.3, 0.4) is 0 Å². The van der Waals surface area contributed by atoms with Gasteiger partial charge in [-0.1, -0.05) is 42.5 Å². The monoisotopic (exact) mass is 445 g/mol. The van der Waals surface area contributed by atoms with Gasteiger partial charge in [-0.3, -0.25) is 4.79 Å². The van der Waals surface area contributed by atoms with Gasteiger partial charge in [-0.05, 0) is 54.4 Å². The van der Waals surface area contributed by atoms with Crippen molar-refractivity contribution in [2.75, 3.05) is 6.61 Å². The Morgan fingerprint density at radius 3 is 2.03 bits per heavy atom. The third-order valence-corrected chi connectivity index (χ3v) is 6.01. The van der Waals surface area contributed by atoms with Gasteiger partial charge in [0.2, 0.25) is 9.84 Å². The van der Waals surface area contributed by atoms with Crippen LogP contribution in [0, 0.1) is 0 Å². The summed E-state index contributed by atoms with van der Waals surface area (Å²) in [4.78, 5) is 12.3. The van der Waals surface area contributed by atoms with E-state index in [-0.39, 0.29) is 5.56 Å². The van der Waals surface area contributed by atoms with Crippen LogP contribution in [0.5, 0.6) is 5.75 Å². The van der Waals surface area contributed by atoms with Gasteiger partial charge in [-0.2, -0.15) is 8.78 Å². The Morgan fingerprint density at radius 1 is 0.903 bits per heavy atom. The van der Waals surface area contributed by atoms with Crippen molar-refractivity contribution >= 4 is 15.7 Å². The third kappa shape index (κ3) is 5.27. The van der Waals surface area contributed by atoms with Crippen molar-refractivity contribution in [3.63, 3.8) is 0 Å². The van der Waals surface area contributed by atoms with Crippen molar-refractivity contribution in [2.24, 2.45) is 0 Å². The maximum Gasteiger partial charge on any atom is 0.341 e. The lowest BCUT2D eigenvalue weighted by molar-refractivity contribution is 0.0943. The molecule has 1 amide bonds. The number of ether oxygens (including phenoxy) is 1. The molecule has 0 spiro atoms. The first-order valence-corrected chi connectivity index (χ1v) is 11.1. The van der Waals surface area contributed by atoms with Crippen LogP contribution in [0.2, 0.25) is 0 Å². The molecule has 8 heteroatoms. The summed E-state index contributed by atoms with van der Waals surface area (Å²) in [7, 11) is -4.71. The molecule has 162 valence electrons. The number of carbonyl (C=O) groups is 1. The third-order valence-electron chi connectivity index (χ3n) is 4.61. The van der Waals surface area contributed by atoms with Crippen LogP contribution >= 0.6 is 0 Å². The predicted molar refractivity (Wildman–Crippen MR) is 113 cm³/mol. The van der Waals surface area contributed by atoms with E-state index in [4.69, 9.17) is 4.74 Å². The van der Waals surface area contributed by atoms with Crippen LogP contribution in [0.15, 0.2) is 83.8 Å². The second-order valence-corrected chi connectivity index (χ2v) is 8.57. The maximum absolute atomic E-state index is 12.8. The SMILES string of the molecule is CCOc1ccc(C(NC(=O)c2ccc(S(=O)(=O)C(F)F)cc2)c2ccccc2)cc1. The smallest absolute Gasteiger partial charge is 0.341 e. The number of nitrogens with one attached hydrogen (secondary N) is 1. The van der Waals surface area contributed by atoms with Crippen LogP contribution in [-0.4, -0.2) is 26.7 Å². The molecule has 1 unspecified atom stereocenters. The highest BCUT2D eigenvalue weighted by Gasteiger charge is 2.26. The van der Waals surface area contributed by atoms with Gasteiger partial charge in [0.05, 0.1) is 17.5 Å². The summed E-state index contributed by atoms with van der Waals surface area (Å²) in [5.74, 6) is -3.28. The highest BCUT2D eigenvalue weighted by Crippen LogP contribution is 2.25. The van der Waals surface area contributed by atoms with E-state index in [0.29, 0.717) is 12.4 Å². The van der Waals surface area contributed by atoms with Gasteiger partial charge in [0.25, 0.3) is 5.91 Å². The van der Waals surface area contributed by atoms with Gasteiger partial charge in [0.1, 0.15) is 5.75 Å². The molecule has 0 aliphatic rings. The van der Waals surface area contributed by atoms with Gasteiger partial charge >= 0.3 is 5.76 Å². The zero-order valence-corrected chi connectivity index (χ0v) is 17.5. The van der Waals surface area contributed by atoms with Gasteiger partial charge in [-0.25, -0.2) is 8.42 Å². The molecule has 0 fully saturated rings. The summed E-state index contributed by atoms with van der Waals surface area (Å²) >= 11 is 0. The van der Waals surface area contributed by atoms with Crippen LogP contribution in [-0.2, 0) is 9.84 Å². The molecule has 31 heavy (non-hydrogen) atoms. The first kappa shape index (κ1) is 22.4. The molecule has 0 saturated heterocycles. The van der Waals surface area contributed by atoms with E-state index in [1.54, 1.807) is 0 Å². The fourth-order valence-electron chi connectivity index (χ4n) is 3.04. The molecule has 1 atom stereocenters. The predicted octanol–water partition coefficient (Wildman–Crippen LogP) is 4.60. The summed E-state index contributed by atoms with van der Waals surface area (Å²) in [5.41, 5.74) is 1.82. The summed E-state index contributed by atoms with van der Waals surface area (Å²) in [6.45, 7) is 2.42. The Bertz CT molecular complexity index is 1120. The lowest BCUT2D eigenvalue weighted by Crippen LogP contribution is -2.29. The number of halogens is 2. The number of hydrogen-bond donors (Lipinski definition) is 1. The molecule has 0 aliphatic heterocycles. The minimum atomic E-state index is -4.71. The Balaban J connectivity index is 1.87. The molecule has 3 rings (SSSR count). The van der Waals surface area contributed by atoms with Crippen LogP contribution < -0.4 is 10.1 Å². The normalized spacial score (nSPS) is 12.4. The van der Waals surface area contributed by atoms with Crippen LogP contribution in [0.25, 0.3) is 0 Å². The summed E-state index contributed by atoms with van der Waals surface area (Å²) in [5, 5.41) is 2.92. The van der Waals surface area contributed by atoms with Crippen molar-refractivity contribution in [3.05, 3.63) is 95.6 Å². The number of hydrogen-bond acceptors (Lipinski definition) is 4. The number of amides is 1. The minimum Gasteiger partial charge on any atom is -0.494 e. The van der Waals surface area contributed by atoms with Crippen molar-refractivity contribution < 1.29 is 26.7 Å². The second kappa shape index (κ2) is 9.70. The first-order chi connectivity index (χ1) is 14.8. The number of rotatable bonds is 8. The van der Waals surface area contributed by atoms with Crippen molar-refractivity contribution in [3.8, 4) is 5.75 Å². The molecule has 1 N–H and O–H groups in total. The van der Waals surface area contributed by atoms with E-state index in [1.165, 1.54) is 12.1 Å². The van der Waals surface area contributed by atoms with Crippen molar-refractivity contribution in [2.45, 2.75) is 23.6 Å². The van der Waals surface area contributed by atoms with E-state index in [1.807, 2.05) is 61.5 Å². The average molecular weight is 445 g/mol. The highest BCUT2D eigenvalue weighted by atomic mass is 32.2. The largest absolute Gasteiger partial charge is 0.494 e. The molecule has 0 radical (unpaired) electrons. The van der Waals surface area contributed by atoms with Crippen LogP contribution in [0.1, 0.15) is 34.5 Å². The molecule has 5 nitrogen and oxygen atoms in total. The molecule has 3 aromatic carbocycles. The first-order valence-electron chi connectivity index (χ1n) is 9.53. The molecule has 0 aliphatic carbocycles. The fourth-order valence-corrected chi connectivity index (χ4v) is 3.76. The summed E-state index contributed by atoms with van der Waals surface area (Å²) in [6, 6.07) is 20.6. The van der Waals surface area contributed by atoms with Gasteiger partial charge < -0.3 is 10.1 Å². The van der Waals surface area contributed by atoms with Crippen molar-refractivity contribution in [1.82, 2.24) is 5.32 Å². The number of carbonyl (C=O) groups excluding carboxylic acids is 1. The molecular weight excluding hydrogens is 424 g/mol. The Hall–Kier alpha value is -3.26. The maximum atomic E-state index is 12.8. The number of alkyl halides is 2. The van der Waals surface area contributed by atoms with E-state index in [2.05, 4.69) is 5.32 Å². The minimum absolute atomic E-state index is 0.153. The lowest BCUT2D eigenvalue weighted by atomic mass is 9.98. The Labute approximate surface area is 179 Å². The molecule has 0 aromatic heterocycles. The standard InChI is InChI=1S/C23H21F2NO4S/c1-2-30-19-12-8-17(9-13-19)21(16-6-4-3-5-7-16)26-22(27)18-10-14-20(15-11-18)31(28,29)23(24)25/h3-15,21,23H,2H2,1H3,(H,26,27). The van der Waals surface area contributed by atoms with Gasteiger partial charge in [0, 0.05) is 5.56 Å². The second-order valence-electron chi connectivity index (χ2n) is 6.65. The zero-order valence-electron chi connectivity index (χ0n) is 16.7. The van der Waals surface area contributed by atoms with Gasteiger partial charge in [-0.15, -0.1) is 0 Å². The molecular formula is C23H21F2NO4S. The van der Waals surface area contributed by atoms with Crippen molar-refractivity contribution in [1.29, 1.82) is 0 Å². The number of benzene rings is 3. The Kier molecular flexibility index (Phi) is 7.02. The zero-order chi connectivity index (χ0) is 22.4. The highest BCUT2D eigenvalue weighted by molar-refractivity contribution is 7.91. The summed E-state index contributed by atoms with van der Waals surface area (Å²) < 4.78 is 54.0. The van der Waals surface area contributed by atoms with E-state index in [9.17, 15) is 22.0 Å². The van der Waals surface area contributed by atoms with Gasteiger partial charge in [0.15, 0.2) is 0 Å². The van der Waals surface area contributed by atoms with E-state index >= 15 is 0 Å². The quantitative estimate of drug-likeness (QED) is 0.550. The van der Waals surface area contributed by atoms with E-state index < -0.39 is 32.4 Å². The molecule has 3 aromatic rings. The molecule has 0 bridgehead atoms. The van der Waals surface area contributed by atoms with Crippen LogP contribution in [0.4, 0.5) is 8.78 Å². The number of sulfone groups is 1. The molecule has 0 heterocycles. The van der Waals surface area contributed by atoms with E-state index in [0.717, 1.165) is 23.3 Å². The average Bonchev–Trinajstić information content (AvgIpc) is 2.79. The topological polar surface area (TPSA) is 72.5 Å².